The number of hydrogen-bond donors (Lipinski definition) is 4. The lowest BCUT2D eigenvalue weighted by atomic mass is 10.00. The highest BCUT2D eigenvalue weighted by Gasteiger charge is 2.23. The van der Waals surface area contributed by atoms with Gasteiger partial charge in [-0.1, -0.05) is 31.2 Å². The Labute approximate surface area is 209 Å². The van der Waals surface area contributed by atoms with Gasteiger partial charge in [0.1, 0.15) is 11.6 Å². The molecule has 0 aliphatic carbocycles. The SMILES string of the molecule is CCc1cccc(CNCC(O)C(Cc2cc(F)cc(F)c2)NC(=O)c2ccc(NC(C)=O)cc2)c1. The number of nitrogens with one attached hydrogen (secondary N) is 3. The van der Waals surface area contributed by atoms with E-state index >= 15 is 0 Å². The first kappa shape index (κ1) is 27.0. The van der Waals surface area contributed by atoms with Crippen molar-refractivity contribution < 1.29 is 23.5 Å². The topological polar surface area (TPSA) is 90.5 Å². The minimum atomic E-state index is -1.03. The molecule has 0 radical (unpaired) electrons. The number of anilines is 1. The normalized spacial score (nSPS) is 12.6. The second-order valence-corrected chi connectivity index (χ2v) is 8.69. The monoisotopic (exact) mass is 495 g/mol. The molecule has 3 aromatic rings. The van der Waals surface area contributed by atoms with Crippen molar-refractivity contribution in [2.45, 2.75) is 45.4 Å². The first-order chi connectivity index (χ1) is 17.2. The molecule has 8 heteroatoms. The Morgan fingerprint density at radius 3 is 2.22 bits per heavy atom. The van der Waals surface area contributed by atoms with Gasteiger partial charge in [0.15, 0.2) is 0 Å². The molecule has 2 unspecified atom stereocenters. The summed E-state index contributed by atoms with van der Waals surface area (Å²) in [5.41, 5.74) is 3.44. The molecule has 36 heavy (non-hydrogen) atoms. The third kappa shape index (κ3) is 8.25. The van der Waals surface area contributed by atoms with E-state index in [4.69, 9.17) is 0 Å². The molecule has 4 N–H and O–H groups in total. The number of aliphatic hydroxyl groups is 1. The van der Waals surface area contributed by atoms with Crippen LogP contribution in [0.1, 0.15) is 40.9 Å². The molecule has 0 fully saturated rings. The van der Waals surface area contributed by atoms with Gasteiger partial charge in [0.05, 0.1) is 12.1 Å². The summed E-state index contributed by atoms with van der Waals surface area (Å²) in [6.07, 6.45) is -0.0904. The van der Waals surface area contributed by atoms with Crippen LogP contribution >= 0.6 is 0 Å². The largest absolute Gasteiger partial charge is 0.390 e. The lowest BCUT2D eigenvalue weighted by molar-refractivity contribution is -0.114. The van der Waals surface area contributed by atoms with Crippen molar-refractivity contribution in [2.75, 3.05) is 11.9 Å². The highest BCUT2D eigenvalue weighted by Crippen LogP contribution is 2.14. The number of aliphatic hydroxyl groups excluding tert-OH is 1. The van der Waals surface area contributed by atoms with Crippen LogP contribution in [-0.2, 0) is 24.2 Å². The Morgan fingerprint density at radius 1 is 0.917 bits per heavy atom. The molecular weight excluding hydrogens is 464 g/mol. The standard InChI is InChI=1S/C28H31F2N3O3/c1-3-19-5-4-6-20(11-19)16-31-17-27(35)26(14-21-12-23(29)15-24(30)13-21)33-28(36)22-7-9-25(10-8-22)32-18(2)34/h4-13,15,26-27,31,35H,3,14,16-17H2,1-2H3,(H,32,34)(H,33,36). The smallest absolute Gasteiger partial charge is 0.251 e. The summed E-state index contributed by atoms with van der Waals surface area (Å²) >= 11 is 0. The summed E-state index contributed by atoms with van der Waals surface area (Å²) in [7, 11) is 0. The van der Waals surface area contributed by atoms with Crippen molar-refractivity contribution in [3.05, 3.63) is 101 Å². The van der Waals surface area contributed by atoms with Gasteiger partial charge in [-0.15, -0.1) is 0 Å². The first-order valence-electron chi connectivity index (χ1n) is 11.8. The van der Waals surface area contributed by atoms with Crippen LogP contribution in [-0.4, -0.2) is 35.6 Å². The molecule has 2 amide bonds. The number of halogens is 2. The van der Waals surface area contributed by atoms with Crippen LogP contribution < -0.4 is 16.0 Å². The van der Waals surface area contributed by atoms with Gasteiger partial charge in [0, 0.05) is 37.3 Å². The summed E-state index contributed by atoms with van der Waals surface area (Å²) in [5.74, 6) is -2.15. The lowest BCUT2D eigenvalue weighted by Crippen LogP contribution is -2.48. The second-order valence-electron chi connectivity index (χ2n) is 8.69. The van der Waals surface area contributed by atoms with Crippen molar-refractivity contribution in [1.82, 2.24) is 10.6 Å². The minimum absolute atomic E-state index is 0.0264. The first-order valence-corrected chi connectivity index (χ1v) is 11.8. The average molecular weight is 496 g/mol. The van der Waals surface area contributed by atoms with Crippen LogP contribution in [0.3, 0.4) is 0 Å². The van der Waals surface area contributed by atoms with Gasteiger partial charge >= 0.3 is 0 Å². The number of hydrogen-bond acceptors (Lipinski definition) is 4. The predicted octanol–water partition coefficient (Wildman–Crippen LogP) is 3.98. The molecule has 0 aliphatic heterocycles. The fourth-order valence-corrected chi connectivity index (χ4v) is 3.89. The van der Waals surface area contributed by atoms with Crippen LogP contribution in [0.15, 0.2) is 66.7 Å². The van der Waals surface area contributed by atoms with Crippen LogP contribution in [0.25, 0.3) is 0 Å². The van der Waals surface area contributed by atoms with Gasteiger partial charge in [0.2, 0.25) is 5.91 Å². The Morgan fingerprint density at radius 2 is 1.58 bits per heavy atom. The van der Waals surface area contributed by atoms with Crippen molar-refractivity contribution in [1.29, 1.82) is 0 Å². The van der Waals surface area contributed by atoms with Crippen molar-refractivity contribution in [2.24, 2.45) is 0 Å². The summed E-state index contributed by atoms with van der Waals surface area (Å²) < 4.78 is 27.5. The third-order valence-corrected chi connectivity index (χ3v) is 5.71. The van der Waals surface area contributed by atoms with Crippen LogP contribution in [0.5, 0.6) is 0 Å². The van der Waals surface area contributed by atoms with E-state index in [0.717, 1.165) is 18.1 Å². The Balaban J connectivity index is 1.70. The Kier molecular flexibility index (Phi) is 9.67. The maximum absolute atomic E-state index is 13.8. The van der Waals surface area contributed by atoms with E-state index < -0.39 is 29.7 Å². The van der Waals surface area contributed by atoms with Crippen LogP contribution in [0.4, 0.5) is 14.5 Å². The van der Waals surface area contributed by atoms with Gasteiger partial charge in [-0.25, -0.2) is 8.78 Å². The fraction of sp³-hybridized carbons (Fsp3) is 0.286. The van der Waals surface area contributed by atoms with E-state index in [-0.39, 0.29) is 18.9 Å². The molecule has 190 valence electrons. The molecule has 3 rings (SSSR count). The molecule has 0 spiro atoms. The second kappa shape index (κ2) is 12.9. The summed E-state index contributed by atoms with van der Waals surface area (Å²) in [5, 5.41) is 19.5. The zero-order valence-electron chi connectivity index (χ0n) is 20.4. The molecule has 0 saturated heterocycles. The number of carbonyl (C=O) groups is 2. The van der Waals surface area contributed by atoms with E-state index in [2.05, 4.69) is 28.9 Å². The number of aryl methyl sites for hydroxylation is 1. The molecule has 0 aliphatic rings. The Bertz CT molecular complexity index is 1160. The third-order valence-electron chi connectivity index (χ3n) is 5.71. The Hall–Kier alpha value is -3.62. The van der Waals surface area contributed by atoms with E-state index in [1.54, 1.807) is 24.3 Å². The van der Waals surface area contributed by atoms with E-state index in [1.807, 2.05) is 18.2 Å². The van der Waals surface area contributed by atoms with Gasteiger partial charge in [-0.3, -0.25) is 9.59 Å². The molecule has 0 heterocycles. The molecule has 0 bridgehead atoms. The molecule has 3 aromatic carbocycles. The number of rotatable bonds is 11. The summed E-state index contributed by atoms with van der Waals surface area (Å²) in [6.45, 7) is 4.13. The van der Waals surface area contributed by atoms with Crippen LogP contribution in [0.2, 0.25) is 0 Å². The zero-order valence-corrected chi connectivity index (χ0v) is 20.4. The minimum Gasteiger partial charge on any atom is -0.390 e. The maximum atomic E-state index is 13.8. The quantitative estimate of drug-likeness (QED) is 0.324. The summed E-state index contributed by atoms with van der Waals surface area (Å²) in [6, 6.07) is 16.7. The van der Waals surface area contributed by atoms with Crippen molar-refractivity contribution in [3.8, 4) is 0 Å². The highest BCUT2D eigenvalue weighted by molar-refractivity contribution is 5.95. The maximum Gasteiger partial charge on any atom is 0.251 e. The molecule has 6 nitrogen and oxygen atoms in total. The van der Waals surface area contributed by atoms with E-state index in [1.165, 1.54) is 24.6 Å². The zero-order chi connectivity index (χ0) is 26.1. The van der Waals surface area contributed by atoms with Crippen molar-refractivity contribution in [3.63, 3.8) is 0 Å². The summed E-state index contributed by atoms with van der Waals surface area (Å²) in [4.78, 5) is 24.1. The van der Waals surface area contributed by atoms with E-state index in [9.17, 15) is 23.5 Å². The molecule has 2 atom stereocenters. The van der Waals surface area contributed by atoms with Crippen molar-refractivity contribution >= 4 is 17.5 Å². The van der Waals surface area contributed by atoms with Gasteiger partial charge in [-0.05, 0) is 65.9 Å². The highest BCUT2D eigenvalue weighted by atomic mass is 19.1. The van der Waals surface area contributed by atoms with Crippen LogP contribution in [0, 0.1) is 11.6 Å². The van der Waals surface area contributed by atoms with Gasteiger partial charge < -0.3 is 21.1 Å². The number of benzene rings is 3. The average Bonchev–Trinajstić information content (AvgIpc) is 2.83. The fourth-order valence-electron chi connectivity index (χ4n) is 3.89. The van der Waals surface area contributed by atoms with Gasteiger partial charge in [-0.2, -0.15) is 0 Å². The predicted molar refractivity (Wildman–Crippen MR) is 136 cm³/mol. The van der Waals surface area contributed by atoms with Gasteiger partial charge in [0.25, 0.3) is 5.91 Å². The number of carbonyl (C=O) groups excluding carboxylic acids is 2. The van der Waals surface area contributed by atoms with E-state index in [0.29, 0.717) is 23.4 Å². The number of amides is 2. The molecular formula is C28H31F2N3O3. The lowest BCUT2D eigenvalue weighted by Gasteiger charge is -2.25. The molecule has 0 aromatic heterocycles. The molecule has 0 saturated carbocycles.